The molecular formula is C15H21NO2. The average Bonchev–Trinajstić information content (AvgIpc) is 2.47. The number of fused-ring (bicyclic) bond motifs is 1. The van der Waals surface area contributed by atoms with Crippen LogP contribution in [-0.2, 0) is 11.2 Å². The monoisotopic (exact) mass is 247 g/mol. The molecule has 98 valence electrons. The quantitative estimate of drug-likeness (QED) is 0.799. The topological polar surface area (TPSA) is 21.7 Å². The molecule has 0 unspecified atom stereocenters. The second-order valence-electron chi connectivity index (χ2n) is 5.27. The van der Waals surface area contributed by atoms with E-state index in [1.165, 1.54) is 24.9 Å². The molecule has 2 aliphatic rings. The number of hydrogen-bond acceptors (Lipinski definition) is 3. The van der Waals surface area contributed by atoms with Crippen molar-refractivity contribution < 1.29 is 9.47 Å². The largest absolute Gasteiger partial charge is 0.492 e. The maximum absolute atomic E-state index is 5.88. The lowest BCUT2D eigenvalue weighted by atomic mass is 9.98. The molecule has 1 aromatic rings. The number of likely N-dealkylation sites (tertiary alicyclic amines) is 1. The van der Waals surface area contributed by atoms with Crippen molar-refractivity contribution in [3.63, 3.8) is 0 Å². The summed E-state index contributed by atoms with van der Waals surface area (Å²) in [6.45, 7) is 3.04. The summed E-state index contributed by atoms with van der Waals surface area (Å²) in [6, 6.07) is 8.90. The molecular weight excluding hydrogens is 226 g/mol. The van der Waals surface area contributed by atoms with Crippen LogP contribution in [0.15, 0.2) is 24.3 Å². The van der Waals surface area contributed by atoms with Crippen LogP contribution >= 0.6 is 0 Å². The van der Waals surface area contributed by atoms with Crippen LogP contribution in [-0.4, -0.2) is 43.9 Å². The third kappa shape index (κ3) is 2.38. The summed E-state index contributed by atoms with van der Waals surface area (Å²) in [7, 11) is 1.82. The zero-order valence-corrected chi connectivity index (χ0v) is 11.0. The number of ether oxygens (including phenoxy) is 2. The van der Waals surface area contributed by atoms with Gasteiger partial charge in [0.1, 0.15) is 12.4 Å². The normalized spacial score (nSPS) is 28.5. The second-order valence-corrected chi connectivity index (χ2v) is 5.27. The number of nitrogens with zero attached hydrogens (tertiary/aromatic N) is 1. The zero-order valence-electron chi connectivity index (χ0n) is 11.0. The van der Waals surface area contributed by atoms with Gasteiger partial charge in [-0.1, -0.05) is 18.2 Å². The van der Waals surface area contributed by atoms with Gasteiger partial charge in [-0.2, -0.15) is 0 Å². The molecule has 0 aromatic heterocycles. The van der Waals surface area contributed by atoms with Crippen molar-refractivity contribution in [2.45, 2.75) is 31.4 Å². The molecule has 0 spiro atoms. The van der Waals surface area contributed by atoms with Crippen LogP contribution in [0.2, 0.25) is 0 Å². The van der Waals surface area contributed by atoms with Crippen LogP contribution in [0.4, 0.5) is 0 Å². The molecule has 18 heavy (non-hydrogen) atoms. The molecule has 1 fully saturated rings. The van der Waals surface area contributed by atoms with E-state index in [0.29, 0.717) is 12.1 Å². The van der Waals surface area contributed by atoms with Gasteiger partial charge >= 0.3 is 0 Å². The first-order chi connectivity index (χ1) is 8.86. The lowest BCUT2D eigenvalue weighted by molar-refractivity contribution is 0.00250. The van der Waals surface area contributed by atoms with Crippen molar-refractivity contribution in [1.29, 1.82) is 0 Å². The Morgan fingerprint density at radius 1 is 1.33 bits per heavy atom. The van der Waals surface area contributed by atoms with Gasteiger partial charge < -0.3 is 9.47 Å². The smallest absolute Gasteiger partial charge is 0.122 e. The average molecular weight is 247 g/mol. The molecule has 0 saturated carbocycles. The van der Waals surface area contributed by atoms with Crippen molar-refractivity contribution in [1.82, 2.24) is 4.90 Å². The molecule has 1 saturated heterocycles. The summed E-state index contributed by atoms with van der Waals surface area (Å²) in [5, 5.41) is 0. The second kappa shape index (κ2) is 5.29. The van der Waals surface area contributed by atoms with E-state index in [2.05, 4.69) is 23.1 Å². The highest BCUT2D eigenvalue weighted by Crippen LogP contribution is 2.27. The van der Waals surface area contributed by atoms with Gasteiger partial charge in [0.25, 0.3) is 0 Å². The maximum Gasteiger partial charge on any atom is 0.122 e. The van der Waals surface area contributed by atoms with E-state index < -0.39 is 0 Å². The first-order valence-electron chi connectivity index (χ1n) is 6.84. The lowest BCUT2D eigenvalue weighted by Crippen LogP contribution is -2.49. The Balaban J connectivity index is 1.68. The fraction of sp³-hybridized carbons (Fsp3) is 0.600. The Labute approximate surface area is 109 Å². The van der Waals surface area contributed by atoms with Crippen molar-refractivity contribution in [2.24, 2.45) is 0 Å². The Kier molecular flexibility index (Phi) is 3.52. The molecule has 1 aromatic carbocycles. The van der Waals surface area contributed by atoms with E-state index in [4.69, 9.17) is 9.47 Å². The van der Waals surface area contributed by atoms with Gasteiger partial charge in [0.15, 0.2) is 0 Å². The van der Waals surface area contributed by atoms with Crippen LogP contribution in [0.25, 0.3) is 0 Å². The summed E-state index contributed by atoms with van der Waals surface area (Å²) >= 11 is 0. The van der Waals surface area contributed by atoms with E-state index in [1.54, 1.807) is 0 Å². The molecule has 2 heterocycles. The van der Waals surface area contributed by atoms with Gasteiger partial charge in [-0.05, 0) is 37.4 Å². The van der Waals surface area contributed by atoms with Crippen molar-refractivity contribution in [3.05, 3.63) is 29.8 Å². The number of rotatable bonds is 2. The van der Waals surface area contributed by atoms with E-state index in [-0.39, 0.29) is 0 Å². The lowest BCUT2D eigenvalue weighted by Gasteiger charge is -2.39. The van der Waals surface area contributed by atoms with Crippen LogP contribution in [0, 0.1) is 0 Å². The third-order valence-corrected chi connectivity index (χ3v) is 4.12. The van der Waals surface area contributed by atoms with Gasteiger partial charge in [-0.3, -0.25) is 4.90 Å². The SMILES string of the molecule is CO[C@H]1CCCN([C@H]2COc3ccccc3C2)C1. The summed E-state index contributed by atoms with van der Waals surface area (Å²) in [4.78, 5) is 2.54. The van der Waals surface area contributed by atoms with E-state index >= 15 is 0 Å². The van der Waals surface area contributed by atoms with Crippen molar-refractivity contribution in [2.75, 3.05) is 26.8 Å². The van der Waals surface area contributed by atoms with Gasteiger partial charge in [0.05, 0.1) is 6.10 Å². The predicted molar refractivity (Wildman–Crippen MR) is 71.0 cm³/mol. The molecule has 3 rings (SSSR count). The fourth-order valence-electron chi connectivity index (χ4n) is 3.04. The molecule has 0 radical (unpaired) electrons. The molecule has 3 nitrogen and oxygen atoms in total. The Hall–Kier alpha value is -1.06. The van der Waals surface area contributed by atoms with Crippen LogP contribution in [0.1, 0.15) is 18.4 Å². The number of para-hydroxylation sites is 1. The molecule has 3 heteroatoms. The number of benzene rings is 1. The minimum Gasteiger partial charge on any atom is -0.492 e. The molecule has 2 aliphatic heterocycles. The molecule has 0 amide bonds. The Morgan fingerprint density at radius 2 is 2.22 bits per heavy atom. The van der Waals surface area contributed by atoms with E-state index in [0.717, 1.165) is 25.3 Å². The molecule has 0 N–H and O–H groups in total. The summed E-state index contributed by atoms with van der Waals surface area (Å²) in [5.74, 6) is 1.06. The predicted octanol–water partition coefficient (Wildman–Crippen LogP) is 2.10. The van der Waals surface area contributed by atoms with Gasteiger partial charge in [0, 0.05) is 19.7 Å². The Morgan fingerprint density at radius 3 is 3.11 bits per heavy atom. The number of piperidine rings is 1. The maximum atomic E-state index is 5.88. The first-order valence-corrected chi connectivity index (χ1v) is 6.84. The minimum atomic E-state index is 0.399. The van der Waals surface area contributed by atoms with E-state index in [9.17, 15) is 0 Å². The van der Waals surface area contributed by atoms with Gasteiger partial charge in [-0.15, -0.1) is 0 Å². The van der Waals surface area contributed by atoms with Gasteiger partial charge in [-0.25, -0.2) is 0 Å². The molecule has 0 aliphatic carbocycles. The summed E-state index contributed by atoms with van der Waals surface area (Å²) in [6.07, 6.45) is 3.93. The third-order valence-electron chi connectivity index (χ3n) is 4.12. The standard InChI is InChI=1S/C15H21NO2/c1-17-14-6-4-8-16(10-14)13-9-12-5-2-3-7-15(12)18-11-13/h2-3,5,7,13-14H,4,6,8-11H2,1H3/t13-,14+/m1/s1. The zero-order chi connectivity index (χ0) is 12.4. The minimum absolute atomic E-state index is 0.399. The Bertz CT molecular complexity index is 407. The van der Waals surface area contributed by atoms with Crippen molar-refractivity contribution >= 4 is 0 Å². The highest BCUT2D eigenvalue weighted by Gasteiger charge is 2.29. The highest BCUT2D eigenvalue weighted by molar-refractivity contribution is 5.35. The highest BCUT2D eigenvalue weighted by atomic mass is 16.5. The van der Waals surface area contributed by atoms with Crippen LogP contribution in [0.3, 0.4) is 0 Å². The fourth-order valence-corrected chi connectivity index (χ4v) is 3.04. The van der Waals surface area contributed by atoms with Gasteiger partial charge in [0.2, 0.25) is 0 Å². The number of hydrogen-bond donors (Lipinski definition) is 0. The van der Waals surface area contributed by atoms with Crippen molar-refractivity contribution in [3.8, 4) is 5.75 Å². The number of methoxy groups -OCH3 is 1. The molecule has 0 bridgehead atoms. The molecule has 2 atom stereocenters. The summed E-state index contributed by atoms with van der Waals surface area (Å²) < 4.78 is 11.4. The first kappa shape index (κ1) is 12.0. The van der Waals surface area contributed by atoms with Crippen LogP contribution < -0.4 is 4.74 Å². The van der Waals surface area contributed by atoms with E-state index in [1.807, 2.05) is 13.2 Å². The summed E-state index contributed by atoms with van der Waals surface area (Å²) in [5.41, 5.74) is 1.34. The van der Waals surface area contributed by atoms with Crippen LogP contribution in [0.5, 0.6) is 5.75 Å².